The fourth-order valence-electron chi connectivity index (χ4n) is 5.96. The molecule has 0 unspecified atom stereocenters. The number of hydrogen-bond donors (Lipinski definition) is 0. The number of anilines is 1. The predicted molar refractivity (Wildman–Crippen MR) is 133 cm³/mol. The fraction of sp³-hybridized carbons (Fsp3) is 0.429. The summed E-state index contributed by atoms with van der Waals surface area (Å²) in [5.41, 5.74) is 3.77. The number of rotatable bonds is 5. The van der Waals surface area contributed by atoms with E-state index in [1.165, 1.54) is 24.3 Å². The van der Waals surface area contributed by atoms with Gasteiger partial charge in [-0.05, 0) is 85.6 Å². The van der Waals surface area contributed by atoms with Crippen LogP contribution < -0.4 is 9.64 Å². The Labute approximate surface area is 205 Å². The van der Waals surface area contributed by atoms with Gasteiger partial charge in [-0.25, -0.2) is 4.79 Å². The second-order valence-electron chi connectivity index (χ2n) is 9.83. The third-order valence-electron chi connectivity index (χ3n) is 7.90. The number of benzene rings is 2. The number of carbonyl (C=O) groups excluding carboxylic acids is 2. The number of methoxy groups -OCH3 is 1. The van der Waals surface area contributed by atoms with E-state index in [4.69, 9.17) is 21.1 Å². The van der Waals surface area contributed by atoms with Gasteiger partial charge in [-0.15, -0.1) is 0 Å². The predicted octanol–water partition coefficient (Wildman–Crippen LogP) is 5.38. The second-order valence-corrected chi connectivity index (χ2v) is 10.3. The Morgan fingerprint density at radius 2 is 2.12 bits per heavy atom. The lowest BCUT2D eigenvalue weighted by Crippen LogP contribution is -2.49. The van der Waals surface area contributed by atoms with Crippen LogP contribution in [0.2, 0.25) is 5.02 Å². The minimum atomic E-state index is -0.372. The standard InChI is InChI=1S/C28H30ClNO4/c1-3-25(31)22-9-6-20(22)15-30-16-28(12-4-5-18-13-21(29)8-10-23(18)28)17-34-26-11-7-19(14-24(26)30)27(32)33-2/h3,7-8,10-11,13-14,20,22H,1,4-6,9,12,15-17H2,2H3/t20-,22+,28-/m0/s1. The van der Waals surface area contributed by atoms with Crippen molar-refractivity contribution in [3.8, 4) is 5.75 Å². The number of ether oxygens (including phenoxy) is 2. The number of halogens is 1. The van der Waals surface area contributed by atoms with E-state index >= 15 is 0 Å². The van der Waals surface area contributed by atoms with Gasteiger partial charge in [-0.3, -0.25) is 4.79 Å². The van der Waals surface area contributed by atoms with Crippen molar-refractivity contribution < 1.29 is 19.1 Å². The molecule has 0 radical (unpaired) electrons. The fourth-order valence-corrected chi connectivity index (χ4v) is 6.15. The molecule has 0 amide bonds. The number of carbonyl (C=O) groups is 2. The number of ketones is 1. The molecule has 1 aliphatic heterocycles. The maximum Gasteiger partial charge on any atom is 0.337 e. The van der Waals surface area contributed by atoms with Crippen LogP contribution >= 0.6 is 11.6 Å². The first kappa shape index (κ1) is 23.0. The number of aryl methyl sites for hydroxylation is 1. The molecule has 6 heteroatoms. The lowest BCUT2D eigenvalue weighted by atomic mass is 9.69. The molecule has 0 saturated heterocycles. The van der Waals surface area contributed by atoms with Crippen LogP contribution in [0.25, 0.3) is 0 Å². The van der Waals surface area contributed by atoms with Gasteiger partial charge in [0.15, 0.2) is 5.78 Å². The molecule has 1 heterocycles. The minimum absolute atomic E-state index is 0.0160. The molecular weight excluding hydrogens is 450 g/mol. The summed E-state index contributed by atoms with van der Waals surface area (Å²) in [4.78, 5) is 27.0. The number of esters is 1. The van der Waals surface area contributed by atoms with Gasteiger partial charge in [-0.1, -0.05) is 24.2 Å². The SMILES string of the molecule is C=CC(=O)[C@@H]1CC[C@H]1CN1C[C@@]2(CCCc3cc(Cl)ccc32)COc2ccc(C(=O)OC)cc21. The van der Waals surface area contributed by atoms with E-state index in [0.717, 1.165) is 61.7 Å². The van der Waals surface area contributed by atoms with Crippen LogP contribution in [0.5, 0.6) is 5.75 Å². The van der Waals surface area contributed by atoms with E-state index in [2.05, 4.69) is 23.6 Å². The second kappa shape index (κ2) is 9.10. The summed E-state index contributed by atoms with van der Waals surface area (Å²) in [6.07, 6.45) is 6.45. The van der Waals surface area contributed by atoms with Gasteiger partial charge < -0.3 is 14.4 Å². The van der Waals surface area contributed by atoms with Crippen molar-refractivity contribution in [3.05, 3.63) is 70.8 Å². The molecule has 3 atom stereocenters. The Kier molecular flexibility index (Phi) is 6.15. The topological polar surface area (TPSA) is 55.8 Å². The smallest absolute Gasteiger partial charge is 0.337 e. The number of nitrogens with zero attached hydrogens (tertiary/aromatic N) is 1. The molecule has 1 fully saturated rings. The summed E-state index contributed by atoms with van der Waals surface area (Å²) in [6, 6.07) is 11.7. The molecular formula is C28H30ClNO4. The maximum absolute atomic E-state index is 12.4. The molecule has 5 rings (SSSR count). The highest BCUT2D eigenvalue weighted by molar-refractivity contribution is 6.30. The minimum Gasteiger partial charge on any atom is -0.490 e. The summed E-state index contributed by atoms with van der Waals surface area (Å²) in [5, 5.41) is 0.758. The van der Waals surface area contributed by atoms with Crippen molar-refractivity contribution in [1.82, 2.24) is 0 Å². The lowest BCUT2D eigenvalue weighted by molar-refractivity contribution is -0.122. The van der Waals surface area contributed by atoms with Gasteiger partial charge in [0.05, 0.1) is 25.0 Å². The van der Waals surface area contributed by atoms with E-state index in [-0.39, 0.29) is 29.0 Å². The van der Waals surface area contributed by atoms with Crippen LogP contribution in [0, 0.1) is 11.8 Å². The monoisotopic (exact) mass is 479 g/mol. The quantitative estimate of drug-likeness (QED) is 0.425. The van der Waals surface area contributed by atoms with Gasteiger partial charge in [-0.2, -0.15) is 0 Å². The van der Waals surface area contributed by atoms with E-state index in [9.17, 15) is 9.59 Å². The van der Waals surface area contributed by atoms with E-state index in [0.29, 0.717) is 12.2 Å². The van der Waals surface area contributed by atoms with Gasteiger partial charge in [0.2, 0.25) is 0 Å². The van der Waals surface area contributed by atoms with E-state index in [1.807, 2.05) is 18.2 Å². The van der Waals surface area contributed by atoms with Gasteiger partial charge in [0.25, 0.3) is 0 Å². The third kappa shape index (κ3) is 4.00. The van der Waals surface area contributed by atoms with Crippen molar-refractivity contribution in [2.75, 3.05) is 31.7 Å². The first-order valence-corrected chi connectivity index (χ1v) is 12.4. The number of hydrogen-bond acceptors (Lipinski definition) is 5. The molecule has 5 nitrogen and oxygen atoms in total. The number of allylic oxidation sites excluding steroid dienone is 1. The Morgan fingerprint density at radius 3 is 2.85 bits per heavy atom. The van der Waals surface area contributed by atoms with E-state index in [1.54, 1.807) is 6.07 Å². The number of fused-ring (bicyclic) bond motifs is 3. The zero-order chi connectivity index (χ0) is 23.9. The molecule has 2 aromatic rings. The first-order valence-electron chi connectivity index (χ1n) is 12.0. The Bertz CT molecular complexity index is 1150. The zero-order valence-electron chi connectivity index (χ0n) is 19.5. The first-order chi connectivity index (χ1) is 16.4. The van der Waals surface area contributed by atoms with E-state index < -0.39 is 0 Å². The van der Waals surface area contributed by atoms with Gasteiger partial charge >= 0.3 is 5.97 Å². The highest BCUT2D eigenvalue weighted by atomic mass is 35.5. The van der Waals surface area contributed by atoms with Gasteiger partial charge in [0, 0.05) is 29.4 Å². The van der Waals surface area contributed by atoms with Crippen molar-refractivity contribution in [3.63, 3.8) is 0 Å². The molecule has 34 heavy (non-hydrogen) atoms. The van der Waals surface area contributed by atoms with Crippen LogP contribution in [0.3, 0.4) is 0 Å². The van der Waals surface area contributed by atoms with Crippen molar-refractivity contribution in [2.24, 2.45) is 11.8 Å². The van der Waals surface area contributed by atoms with Crippen LogP contribution in [0.1, 0.15) is 47.2 Å². The maximum atomic E-state index is 12.4. The van der Waals surface area contributed by atoms with Crippen LogP contribution in [-0.2, 0) is 21.4 Å². The van der Waals surface area contributed by atoms with Crippen LogP contribution in [0.15, 0.2) is 49.1 Å². The molecule has 1 saturated carbocycles. The van der Waals surface area contributed by atoms with Crippen molar-refractivity contribution >= 4 is 29.0 Å². The third-order valence-corrected chi connectivity index (χ3v) is 8.13. The summed E-state index contributed by atoms with van der Waals surface area (Å²) in [5.74, 6) is 0.781. The average Bonchev–Trinajstić information content (AvgIpc) is 2.98. The molecule has 0 bridgehead atoms. The summed E-state index contributed by atoms with van der Waals surface area (Å²) in [7, 11) is 1.39. The summed E-state index contributed by atoms with van der Waals surface area (Å²) < 4.78 is 11.4. The Balaban J connectivity index is 1.55. The summed E-state index contributed by atoms with van der Waals surface area (Å²) >= 11 is 6.33. The summed E-state index contributed by atoms with van der Waals surface area (Å²) in [6.45, 7) is 5.74. The molecule has 1 spiro atoms. The molecule has 2 aromatic carbocycles. The average molecular weight is 480 g/mol. The molecule has 0 N–H and O–H groups in total. The normalized spacial score (nSPS) is 25.3. The van der Waals surface area contributed by atoms with Crippen molar-refractivity contribution in [1.29, 1.82) is 0 Å². The highest BCUT2D eigenvalue weighted by Gasteiger charge is 2.44. The molecule has 0 aromatic heterocycles. The molecule has 2 aliphatic carbocycles. The Morgan fingerprint density at radius 1 is 1.26 bits per heavy atom. The lowest BCUT2D eigenvalue weighted by Gasteiger charge is -2.44. The zero-order valence-corrected chi connectivity index (χ0v) is 20.3. The van der Waals surface area contributed by atoms with Gasteiger partial charge in [0.1, 0.15) is 5.75 Å². The molecule has 3 aliphatic rings. The Hall–Kier alpha value is -2.79. The molecule has 178 valence electrons. The van der Waals surface area contributed by atoms with Crippen LogP contribution in [0.4, 0.5) is 5.69 Å². The van der Waals surface area contributed by atoms with Crippen LogP contribution in [-0.4, -0.2) is 38.6 Å². The highest BCUT2D eigenvalue weighted by Crippen LogP contribution is 2.46. The largest absolute Gasteiger partial charge is 0.490 e. The van der Waals surface area contributed by atoms with Crippen molar-refractivity contribution in [2.45, 2.75) is 37.5 Å².